The molecule has 1 heterocycles. The standard InChI is InChI=1S/C11H17N.2C2H6/c1-8(2)5-11-6-10(4)12-7-9(11)3;2*1-2/h5,10,12H,1,3,6-7H2,2,4H3;2*1-2H3/b11-5-;;. The van der Waals surface area contributed by atoms with Crippen molar-refractivity contribution in [2.75, 3.05) is 6.54 Å². The van der Waals surface area contributed by atoms with Crippen molar-refractivity contribution >= 4 is 0 Å². The van der Waals surface area contributed by atoms with Crippen molar-refractivity contribution in [2.24, 2.45) is 0 Å². The van der Waals surface area contributed by atoms with Crippen LogP contribution in [0.15, 0.2) is 36.0 Å². The van der Waals surface area contributed by atoms with Crippen LogP contribution in [-0.4, -0.2) is 12.6 Å². The Bertz CT molecular complexity index is 236. The van der Waals surface area contributed by atoms with Gasteiger partial charge in [-0.25, -0.2) is 0 Å². The highest BCUT2D eigenvalue weighted by molar-refractivity contribution is 5.37. The number of nitrogens with one attached hydrogen (secondary N) is 1. The lowest BCUT2D eigenvalue weighted by molar-refractivity contribution is 0.541. The third kappa shape index (κ3) is 7.47. The van der Waals surface area contributed by atoms with E-state index in [2.05, 4.69) is 31.5 Å². The quantitative estimate of drug-likeness (QED) is 0.691. The van der Waals surface area contributed by atoms with Crippen LogP contribution in [0.5, 0.6) is 0 Å². The Morgan fingerprint density at radius 2 is 1.81 bits per heavy atom. The number of hydrogen-bond donors (Lipinski definition) is 1. The smallest absolute Gasteiger partial charge is 0.0204 e. The molecule has 1 aliphatic heterocycles. The Balaban J connectivity index is 0. The topological polar surface area (TPSA) is 12.0 Å². The number of hydrogen-bond acceptors (Lipinski definition) is 1. The second-order valence-electron chi connectivity index (χ2n) is 3.61. The van der Waals surface area contributed by atoms with E-state index in [-0.39, 0.29) is 0 Å². The molecule has 1 unspecified atom stereocenters. The van der Waals surface area contributed by atoms with Gasteiger partial charge in [0.2, 0.25) is 0 Å². The maximum atomic E-state index is 4.01. The van der Waals surface area contributed by atoms with Crippen LogP contribution in [0, 0.1) is 0 Å². The summed E-state index contributed by atoms with van der Waals surface area (Å²) in [6.07, 6.45) is 3.21. The summed E-state index contributed by atoms with van der Waals surface area (Å²) < 4.78 is 0. The zero-order valence-corrected chi connectivity index (χ0v) is 12.0. The highest BCUT2D eigenvalue weighted by atomic mass is 14.9. The first-order valence-corrected chi connectivity index (χ1v) is 6.37. The van der Waals surface area contributed by atoms with E-state index in [0.29, 0.717) is 6.04 Å². The zero-order chi connectivity index (χ0) is 13.1. The van der Waals surface area contributed by atoms with Gasteiger partial charge in [0.25, 0.3) is 0 Å². The Hall–Kier alpha value is -0.820. The van der Waals surface area contributed by atoms with Gasteiger partial charge in [-0.1, -0.05) is 52.5 Å². The average molecular weight is 223 g/mol. The van der Waals surface area contributed by atoms with Crippen LogP contribution in [0.2, 0.25) is 0 Å². The Labute approximate surface area is 102 Å². The Morgan fingerprint density at radius 1 is 1.31 bits per heavy atom. The van der Waals surface area contributed by atoms with Crippen LogP contribution in [0.1, 0.15) is 48.0 Å². The van der Waals surface area contributed by atoms with Gasteiger partial charge in [-0.05, 0) is 31.4 Å². The minimum Gasteiger partial charge on any atom is -0.310 e. The van der Waals surface area contributed by atoms with Crippen molar-refractivity contribution in [3.05, 3.63) is 36.0 Å². The molecule has 0 aromatic rings. The fourth-order valence-electron chi connectivity index (χ4n) is 1.42. The molecule has 0 radical (unpaired) electrons. The zero-order valence-electron chi connectivity index (χ0n) is 12.0. The van der Waals surface area contributed by atoms with Gasteiger partial charge >= 0.3 is 0 Å². The molecule has 1 aliphatic rings. The molecule has 0 aromatic carbocycles. The number of rotatable bonds is 1. The lowest BCUT2D eigenvalue weighted by Gasteiger charge is -2.24. The van der Waals surface area contributed by atoms with Gasteiger partial charge in [-0.15, -0.1) is 0 Å². The van der Waals surface area contributed by atoms with Crippen molar-refractivity contribution in [3.63, 3.8) is 0 Å². The van der Waals surface area contributed by atoms with Crippen molar-refractivity contribution in [3.8, 4) is 0 Å². The summed E-state index contributed by atoms with van der Waals surface area (Å²) in [6.45, 7) is 21.0. The third-order valence-electron chi connectivity index (χ3n) is 2.06. The average Bonchev–Trinajstić information content (AvgIpc) is 2.28. The van der Waals surface area contributed by atoms with E-state index in [1.54, 1.807) is 0 Å². The van der Waals surface area contributed by atoms with Crippen LogP contribution in [-0.2, 0) is 0 Å². The fourth-order valence-corrected chi connectivity index (χ4v) is 1.42. The molecular weight excluding hydrogens is 194 g/mol. The number of allylic oxidation sites excluding steroid dienone is 2. The molecule has 94 valence electrons. The summed E-state index contributed by atoms with van der Waals surface area (Å²) in [5.41, 5.74) is 3.67. The van der Waals surface area contributed by atoms with Crippen molar-refractivity contribution in [1.82, 2.24) is 5.32 Å². The number of piperidine rings is 1. The first-order chi connectivity index (χ1) is 7.59. The van der Waals surface area contributed by atoms with Crippen LogP contribution in [0.3, 0.4) is 0 Å². The minimum absolute atomic E-state index is 0.570. The molecule has 0 aliphatic carbocycles. The molecule has 1 atom stereocenters. The minimum atomic E-state index is 0.570. The van der Waals surface area contributed by atoms with E-state index >= 15 is 0 Å². The molecule has 1 rings (SSSR count). The van der Waals surface area contributed by atoms with Gasteiger partial charge in [-0.3, -0.25) is 0 Å². The van der Waals surface area contributed by atoms with Crippen molar-refractivity contribution in [2.45, 2.75) is 54.0 Å². The maximum Gasteiger partial charge on any atom is 0.0204 e. The molecule has 0 saturated carbocycles. The first-order valence-electron chi connectivity index (χ1n) is 6.37. The van der Waals surface area contributed by atoms with E-state index in [0.717, 1.165) is 18.5 Å². The first kappa shape index (κ1) is 17.6. The predicted octanol–water partition coefficient (Wildman–Crippen LogP) is 4.48. The Morgan fingerprint density at radius 3 is 2.25 bits per heavy atom. The highest BCUT2D eigenvalue weighted by Gasteiger charge is 2.14. The van der Waals surface area contributed by atoms with E-state index in [4.69, 9.17) is 0 Å². The SMILES string of the molecule is C=C(C)/C=C1/CC(C)NCC1=C.CC.CC. The van der Waals surface area contributed by atoms with Crippen molar-refractivity contribution < 1.29 is 0 Å². The second kappa shape index (κ2) is 10.7. The molecular formula is C15H29N. The lowest BCUT2D eigenvalue weighted by atomic mass is 9.94. The molecule has 1 heteroatoms. The summed E-state index contributed by atoms with van der Waals surface area (Å²) in [7, 11) is 0. The normalized spacial score (nSPS) is 21.5. The van der Waals surface area contributed by atoms with Crippen LogP contribution in [0.4, 0.5) is 0 Å². The molecule has 1 nitrogen and oxygen atoms in total. The molecule has 16 heavy (non-hydrogen) atoms. The largest absolute Gasteiger partial charge is 0.310 e. The predicted molar refractivity (Wildman–Crippen MR) is 76.8 cm³/mol. The summed E-state index contributed by atoms with van der Waals surface area (Å²) >= 11 is 0. The molecule has 1 saturated heterocycles. The monoisotopic (exact) mass is 223 g/mol. The second-order valence-corrected chi connectivity index (χ2v) is 3.61. The van der Waals surface area contributed by atoms with Crippen LogP contribution < -0.4 is 5.32 Å². The molecule has 0 spiro atoms. The lowest BCUT2D eigenvalue weighted by Crippen LogP contribution is -2.33. The molecule has 1 fully saturated rings. The Kier molecular flexibility index (Phi) is 11.7. The fraction of sp³-hybridized carbons (Fsp3) is 0.600. The van der Waals surface area contributed by atoms with Crippen LogP contribution in [0.25, 0.3) is 0 Å². The summed E-state index contributed by atoms with van der Waals surface area (Å²) in [5, 5.41) is 3.36. The van der Waals surface area contributed by atoms with Gasteiger partial charge in [0.05, 0.1) is 0 Å². The van der Waals surface area contributed by atoms with E-state index in [9.17, 15) is 0 Å². The summed E-state index contributed by atoms with van der Waals surface area (Å²) in [5.74, 6) is 0. The van der Waals surface area contributed by atoms with Gasteiger partial charge in [0.15, 0.2) is 0 Å². The third-order valence-corrected chi connectivity index (χ3v) is 2.06. The molecule has 1 N–H and O–H groups in total. The summed E-state index contributed by atoms with van der Waals surface area (Å²) in [4.78, 5) is 0. The van der Waals surface area contributed by atoms with Crippen molar-refractivity contribution in [1.29, 1.82) is 0 Å². The molecule has 0 amide bonds. The van der Waals surface area contributed by atoms with Gasteiger partial charge in [-0.2, -0.15) is 0 Å². The maximum absolute atomic E-state index is 4.01. The molecule has 0 aromatic heterocycles. The highest BCUT2D eigenvalue weighted by Crippen LogP contribution is 2.20. The van der Waals surface area contributed by atoms with Gasteiger partial charge in [0.1, 0.15) is 0 Å². The van der Waals surface area contributed by atoms with Gasteiger partial charge < -0.3 is 5.32 Å². The van der Waals surface area contributed by atoms with Gasteiger partial charge in [0, 0.05) is 12.6 Å². The summed E-state index contributed by atoms with van der Waals surface area (Å²) in [6, 6.07) is 0.570. The van der Waals surface area contributed by atoms with Crippen LogP contribution >= 0.6 is 0 Å². The molecule has 0 bridgehead atoms. The van der Waals surface area contributed by atoms with E-state index in [1.165, 1.54) is 11.1 Å². The van der Waals surface area contributed by atoms with E-state index < -0.39 is 0 Å². The van der Waals surface area contributed by atoms with E-state index in [1.807, 2.05) is 34.6 Å².